The van der Waals surface area contributed by atoms with Gasteiger partial charge >= 0.3 is 0 Å². The van der Waals surface area contributed by atoms with Crippen molar-refractivity contribution in [3.63, 3.8) is 0 Å². The summed E-state index contributed by atoms with van der Waals surface area (Å²) in [6.07, 6.45) is 5.80. The Morgan fingerprint density at radius 3 is 2.88 bits per heavy atom. The van der Waals surface area contributed by atoms with E-state index in [4.69, 9.17) is 0 Å². The lowest BCUT2D eigenvalue weighted by Crippen LogP contribution is -2.43. The number of halogens is 1. The molecule has 0 aromatic carbocycles. The fourth-order valence-corrected chi connectivity index (χ4v) is 3.38. The first-order valence-corrected chi connectivity index (χ1v) is 9.06. The van der Waals surface area contributed by atoms with Gasteiger partial charge < -0.3 is 10.6 Å². The molecule has 2 heterocycles. The van der Waals surface area contributed by atoms with Gasteiger partial charge in [-0.3, -0.25) is 9.67 Å². The molecule has 0 radical (unpaired) electrons. The highest BCUT2D eigenvalue weighted by Gasteiger charge is 2.07. The Morgan fingerprint density at radius 2 is 2.25 bits per heavy atom. The summed E-state index contributed by atoms with van der Waals surface area (Å²) in [7, 11) is 0. The standard InChI is InChI=1S/C17H27N5S.HI/c1-4-18-17(19-9-5-11-22-12-6-10-20-22)21-14(2)13-16-8-7-15(3)23-16;/h6-8,10,12,14H,4-5,9,11,13H2,1-3H3,(H2,18,19,21);1H. The minimum Gasteiger partial charge on any atom is -0.357 e. The molecule has 2 aromatic heterocycles. The molecule has 1 unspecified atom stereocenters. The molecule has 1 atom stereocenters. The normalized spacial score (nSPS) is 12.5. The van der Waals surface area contributed by atoms with Gasteiger partial charge in [-0.15, -0.1) is 35.3 Å². The highest BCUT2D eigenvalue weighted by molar-refractivity contribution is 14.0. The Balaban J connectivity index is 0.00000288. The quantitative estimate of drug-likeness (QED) is 0.274. The molecule has 0 aliphatic heterocycles. The number of hydrogen-bond acceptors (Lipinski definition) is 3. The molecule has 2 aromatic rings. The Morgan fingerprint density at radius 1 is 1.42 bits per heavy atom. The Kier molecular flexibility index (Phi) is 10.0. The topological polar surface area (TPSA) is 54.2 Å². The van der Waals surface area contributed by atoms with E-state index in [2.05, 4.69) is 53.6 Å². The van der Waals surface area contributed by atoms with E-state index in [1.807, 2.05) is 34.5 Å². The predicted octanol–water partition coefficient (Wildman–Crippen LogP) is 3.45. The van der Waals surface area contributed by atoms with Crippen LogP contribution in [0.1, 0.15) is 30.0 Å². The van der Waals surface area contributed by atoms with Gasteiger partial charge in [-0.1, -0.05) is 0 Å². The van der Waals surface area contributed by atoms with E-state index in [0.717, 1.165) is 38.4 Å². The summed E-state index contributed by atoms with van der Waals surface area (Å²) >= 11 is 1.87. The van der Waals surface area contributed by atoms with Crippen LogP contribution in [0.5, 0.6) is 0 Å². The second-order valence-corrected chi connectivity index (χ2v) is 7.02. The number of hydrogen-bond donors (Lipinski definition) is 2. The Labute approximate surface area is 166 Å². The summed E-state index contributed by atoms with van der Waals surface area (Å²) < 4.78 is 1.94. The Bertz CT molecular complexity index is 594. The Hall–Kier alpha value is -1.09. The number of nitrogens with zero attached hydrogens (tertiary/aromatic N) is 3. The molecule has 7 heteroatoms. The van der Waals surface area contributed by atoms with Crippen molar-refractivity contribution in [2.75, 3.05) is 13.1 Å². The molecule has 2 rings (SSSR count). The molecule has 0 fully saturated rings. The molecule has 0 aliphatic rings. The van der Waals surface area contributed by atoms with Crippen LogP contribution in [0, 0.1) is 6.92 Å². The first-order chi connectivity index (χ1) is 11.2. The number of nitrogens with one attached hydrogen (secondary N) is 2. The van der Waals surface area contributed by atoms with Crippen molar-refractivity contribution in [2.24, 2.45) is 4.99 Å². The van der Waals surface area contributed by atoms with Gasteiger partial charge in [0.25, 0.3) is 0 Å². The molecule has 0 aliphatic carbocycles. The molecule has 134 valence electrons. The van der Waals surface area contributed by atoms with E-state index in [9.17, 15) is 0 Å². The van der Waals surface area contributed by atoms with Crippen LogP contribution in [0.25, 0.3) is 0 Å². The third-order valence-electron chi connectivity index (χ3n) is 3.41. The van der Waals surface area contributed by atoms with Gasteiger partial charge in [-0.25, -0.2) is 0 Å². The summed E-state index contributed by atoms with van der Waals surface area (Å²) in [5.41, 5.74) is 0. The minimum atomic E-state index is 0. The fraction of sp³-hybridized carbons (Fsp3) is 0.529. The molecule has 0 amide bonds. The maximum Gasteiger partial charge on any atom is 0.191 e. The van der Waals surface area contributed by atoms with Gasteiger partial charge in [0, 0.05) is 54.2 Å². The maximum atomic E-state index is 4.66. The van der Waals surface area contributed by atoms with Crippen molar-refractivity contribution in [3.8, 4) is 0 Å². The zero-order chi connectivity index (χ0) is 16.5. The first-order valence-electron chi connectivity index (χ1n) is 8.25. The van der Waals surface area contributed by atoms with E-state index in [0.29, 0.717) is 6.04 Å². The summed E-state index contributed by atoms with van der Waals surface area (Å²) in [5.74, 6) is 0.897. The fourth-order valence-electron chi connectivity index (χ4n) is 2.36. The van der Waals surface area contributed by atoms with Crippen molar-refractivity contribution in [2.45, 2.75) is 46.2 Å². The van der Waals surface area contributed by atoms with Gasteiger partial charge in [0.2, 0.25) is 0 Å². The van der Waals surface area contributed by atoms with Crippen molar-refractivity contribution < 1.29 is 0 Å². The van der Waals surface area contributed by atoms with Crippen LogP contribution < -0.4 is 10.6 Å². The summed E-state index contributed by atoms with van der Waals surface area (Å²) in [5, 5.41) is 11.0. The summed E-state index contributed by atoms with van der Waals surface area (Å²) in [4.78, 5) is 7.44. The second-order valence-electron chi connectivity index (χ2n) is 5.65. The molecule has 24 heavy (non-hydrogen) atoms. The molecule has 5 nitrogen and oxygen atoms in total. The predicted molar refractivity (Wildman–Crippen MR) is 114 cm³/mol. The van der Waals surface area contributed by atoms with Gasteiger partial charge in [-0.05, 0) is 45.4 Å². The van der Waals surface area contributed by atoms with Crippen LogP contribution in [-0.2, 0) is 13.0 Å². The van der Waals surface area contributed by atoms with Crippen LogP contribution in [0.3, 0.4) is 0 Å². The molecule has 0 bridgehead atoms. The van der Waals surface area contributed by atoms with E-state index in [1.54, 1.807) is 0 Å². The van der Waals surface area contributed by atoms with Gasteiger partial charge in [-0.2, -0.15) is 5.10 Å². The maximum absolute atomic E-state index is 4.66. The van der Waals surface area contributed by atoms with Gasteiger partial charge in [0.05, 0.1) is 0 Å². The van der Waals surface area contributed by atoms with Crippen LogP contribution in [-0.4, -0.2) is 34.9 Å². The van der Waals surface area contributed by atoms with Crippen LogP contribution in [0.4, 0.5) is 0 Å². The van der Waals surface area contributed by atoms with Crippen molar-refractivity contribution in [1.82, 2.24) is 20.4 Å². The van der Waals surface area contributed by atoms with Crippen LogP contribution in [0.2, 0.25) is 0 Å². The first kappa shape index (κ1) is 21.0. The van der Waals surface area contributed by atoms with Crippen molar-refractivity contribution in [3.05, 3.63) is 40.3 Å². The average Bonchev–Trinajstić information content (AvgIpc) is 3.15. The van der Waals surface area contributed by atoms with Gasteiger partial charge in [0.1, 0.15) is 0 Å². The zero-order valence-electron chi connectivity index (χ0n) is 14.7. The number of thiophene rings is 1. The molecule has 2 N–H and O–H groups in total. The third kappa shape index (κ3) is 7.65. The smallest absolute Gasteiger partial charge is 0.191 e. The van der Waals surface area contributed by atoms with E-state index in [-0.39, 0.29) is 24.0 Å². The molecular weight excluding hydrogens is 433 g/mol. The number of rotatable bonds is 8. The second kappa shape index (κ2) is 11.5. The SMILES string of the molecule is CCNC(=NCCCn1cccn1)NC(C)Cc1ccc(C)s1.I. The number of aryl methyl sites for hydroxylation is 2. The van der Waals surface area contributed by atoms with Crippen molar-refractivity contribution >= 4 is 41.3 Å². The van der Waals surface area contributed by atoms with E-state index < -0.39 is 0 Å². The lowest BCUT2D eigenvalue weighted by atomic mass is 10.2. The highest BCUT2D eigenvalue weighted by Crippen LogP contribution is 2.16. The number of aliphatic imine (C=N–C) groups is 1. The van der Waals surface area contributed by atoms with Crippen LogP contribution >= 0.6 is 35.3 Å². The number of guanidine groups is 1. The lowest BCUT2D eigenvalue weighted by Gasteiger charge is -2.17. The monoisotopic (exact) mass is 461 g/mol. The highest BCUT2D eigenvalue weighted by atomic mass is 127. The van der Waals surface area contributed by atoms with E-state index >= 15 is 0 Å². The van der Waals surface area contributed by atoms with Gasteiger partial charge in [0.15, 0.2) is 5.96 Å². The molecule has 0 saturated heterocycles. The summed E-state index contributed by atoms with van der Waals surface area (Å²) in [6.45, 7) is 9.01. The van der Waals surface area contributed by atoms with Crippen LogP contribution in [0.15, 0.2) is 35.6 Å². The number of aromatic nitrogens is 2. The molecular formula is C17H28IN5S. The van der Waals surface area contributed by atoms with E-state index in [1.165, 1.54) is 9.75 Å². The summed E-state index contributed by atoms with van der Waals surface area (Å²) in [6, 6.07) is 6.70. The largest absolute Gasteiger partial charge is 0.357 e. The zero-order valence-corrected chi connectivity index (χ0v) is 17.8. The molecule has 0 saturated carbocycles. The third-order valence-corrected chi connectivity index (χ3v) is 4.43. The lowest BCUT2D eigenvalue weighted by molar-refractivity contribution is 0.581. The molecule has 0 spiro atoms. The average molecular weight is 461 g/mol. The van der Waals surface area contributed by atoms with Crippen molar-refractivity contribution in [1.29, 1.82) is 0 Å². The minimum absolute atomic E-state index is 0.